The molecular weight excluding hydrogens is 208 g/mol. The normalized spacial score (nSPS) is 18.2. The topological polar surface area (TPSA) is 75.3 Å². The minimum absolute atomic E-state index is 0.429. The molecule has 0 N–H and O–H groups in total. The summed E-state index contributed by atoms with van der Waals surface area (Å²) >= 11 is 0. The Morgan fingerprint density at radius 2 is 1.88 bits per heavy atom. The lowest BCUT2D eigenvalue weighted by Gasteiger charge is -2.31. The molecule has 84 valence electrons. The van der Waals surface area contributed by atoms with Crippen LogP contribution in [0.2, 0.25) is 0 Å². The van der Waals surface area contributed by atoms with E-state index < -0.39 is 0 Å². The molecule has 16 heavy (non-hydrogen) atoms. The van der Waals surface area contributed by atoms with Crippen molar-refractivity contribution >= 4 is 11.7 Å². The maximum atomic E-state index is 4.31. The molecule has 1 aliphatic rings. The molecule has 8 heteroatoms. The molecule has 0 radical (unpaired) electrons. The molecule has 2 aromatic rings. The van der Waals surface area contributed by atoms with Gasteiger partial charge in [0, 0.05) is 26.2 Å². The van der Waals surface area contributed by atoms with Crippen molar-refractivity contribution in [1.82, 2.24) is 34.9 Å². The summed E-state index contributed by atoms with van der Waals surface area (Å²) in [5.41, 5.74) is 0. The van der Waals surface area contributed by atoms with E-state index >= 15 is 0 Å². The highest BCUT2D eigenvalue weighted by Crippen LogP contribution is 2.08. The first-order valence-electron chi connectivity index (χ1n) is 5.17. The smallest absolute Gasteiger partial charge is 0.290 e. The van der Waals surface area contributed by atoms with Crippen molar-refractivity contribution in [3.05, 3.63) is 6.33 Å². The van der Waals surface area contributed by atoms with Crippen molar-refractivity contribution in [1.29, 1.82) is 0 Å². The van der Waals surface area contributed by atoms with Gasteiger partial charge in [-0.05, 0) is 7.05 Å². The largest absolute Gasteiger partial charge is 0.336 e. The number of hydrogen-bond donors (Lipinski definition) is 0. The van der Waals surface area contributed by atoms with Crippen LogP contribution in [0.3, 0.4) is 0 Å². The number of anilines is 1. The number of aromatic nitrogens is 6. The molecule has 0 aliphatic carbocycles. The second kappa shape index (κ2) is 3.63. The SMILES string of the molecule is CN1CCN(c2nnc3nncn3n2)CC1. The molecule has 0 amide bonds. The number of nitrogens with zero attached hydrogens (tertiary/aromatic N) is 8. The average molecular weight is 220 g/mol. The molecule has 0 spiro atoms. The zero-order valence-electron chi connectivity index (χ0n) is 8.98. The standard InChI is InChI=1S/C8H12N8/c1-14-2-4-15(5-3-14)8-12-11-7-10-9-6-16(7)13-8/h6H,2-5H2,1H3. The number of rotatable bonds is 1. The van der Waals surface area contributed by atoms with Crippen LogP contribution in [-0.2, 0) is 0 Å². The average Bonchev–Trinajstić information content (AvgIpc) is 2.77. The van der Waals surface area contributed by atoms with Gasteiger partial charge >= 0.3 is 0 Å². The van der Waals surface area contributed by atoms with E-state index in [0.29, 0.717) is 11.7 Å². The first-order valence-corrected chi connectivity index (χ1v) is 5.17. The molecule has 3 rings (SSSR count). The fraction of sp³-hybridized carbons (Fsp3) is 0.625. The van der Waals surface area contributed by atoms with Crippen LogP contribution < -0.4 is 4.90 Å². The van der Waals surface area contributed by atoms with Crippen molar-refractivity contribution in [3.8, 4) is 0 Å². The molecule has 0 saturated carbocycles. The Kier molecular flexibility index (Phi) is 2.13. The third kappa shape index (κ3) is 1.56. The number of hydrogen-bond acceptors (Lipinski definition) is 7. The number of fused-ring (bicyclic) bond motifs is 1. The van der Waals surface area contributed by atoms with Crippen LogP contribution in [-0.4, -0.2) is 68.1 Å². The van der Waals surface area contributed by atoms with Crippen molar-refractivity contribution in [2.45, 2.75) is 0 Å². The van der Waals surface area contributed by atoms with Gasteiger partial charge in [-0.2, -0.15) is 4.52 Å². The molecule has 0 aromatic carbocycles. The molecule has 0 bridgehead atoms. The van der Waals surface area contributed by atoms with E-state index in [1.54, 1.807) is 4.52 Å². The lowest BCUT2D eigenvalue weighted by Crippen LogP contribution is -2.45. The Morgan fingerprint density at radius 3 is 2.69 bits per heavy atom. The van der Waals surface area contributed by atoms with E-state index in [9.17, 15) is 0 Å². The summed E-state index contributed by atoms with van der Waals surface area (Å²) in [5, 5.41) is 19.8. The fourth-order valence-electron chi connectivity index (χ4n) is 1.70. The van der Waals surface area contributed by atoms with Crippen LogP contribution >= 0.6 is 0 Å². The van der Waals surface area contributed by atoms with Crippen LogP contribution in [0.1, 0.15) is 0 Å². The molecule has 1 saturated heterocycles. The molecular formula is C8H12N8. The highest BCUT2D eigenvalue weighted by molar-refractivity contribution is 5.30. The molecule has 1 fully saturated rings. The van der Waals surface area contributed by atoms with Crippen molar-refractivity contribution in [2.24, 2.45) is 0 Å². The Morgan fingerprint density at radius 1 is 1.06 bits per heavy atom. The Labute approximate surface area is 91.9 Å². The van der Waals surface area contributed by atoms with Crippen LogP contribution in [0.15, 0.2) is 6.33 Å². The maximum Gasteiger partial charge on any atom is 0.290 e. The predicted molar refractivity (Wildman–Crippen MR) is 56.1 cm³/mol. The van der Waals surface area contributed by atoms with E-state index in [1.165, 1.54) is 6.33 Å². The summed E-state index contributed by atoms with van der Waals surface area (Å²) in [7, 11) is 2.11. The van der Waals surface area contributed by atoms with Gasteiger partial charge in [0.1, 0.15) is 6.33 Å². The van der Waals surface area contributed by atoms with Crippen LogP contribution in [0.4, 0.5) is 5.95 Å². The van der Waals surface area contributed by atoms with Crippen LogP contribution in [0.25, 0.3) is 5.78 Å². The zero-order chi connectivity index (χ0) is 11.0. The highest BCUT2D eigenvalue weighted by Gasteiger charge is 2.17. The minimum atomic E-state index is 0.429. The van der Waals surface area contributed by atoms with Gasteiger partial charge in [0.15, 0.2) is 0 Å². The third-order valence-electron chi connectivity index (χ3n) is 2.73. The van der Waals surface area contributed by atoms with Crippen molar-refractivity contribution < 1.29 is 0 Å². The lowest BCUT2D eigenvalue weighted by atomic mass is 10.3. The quantitative estimate of drug-likeness (QED) is 0.589. The van der Waals surface area contributed by atoms with E-state index in [-0.39, 0.29) is 0 Å². The van der Waals surface area contributed by atoms with E-state index in [0.717, 1.165) is 26.2 Å². The van der Waals surface area contributed by atoms with Gasteiger partial charge in [0.2, 0.25) is 0 Å². The van der Waals surface area contributed by atoms with Gasteiger partial charge < -0.3 is 9.80 Å². The van der Waals surface area contributed by atoms with Crippen LogP contribution in [0, 0.1) is 0 Å². The Hall–Kier alpha value is -1.83. The lowest BCUT2D eigenvalue weighted by molar-refractivity contribution is 0.310. The van der Waals surface area contributed by atoms with Gasteiger partial charge in [0.25, 0.3) is 11.7 Å². The maximum absolute atomic E-state index is 4.31. The van der Waals surface area contributed by atoms with Gasteiger partial charge in [-0.15, -0.1) is 25.5 Å². The molecule has 8 nitrogen and oxygen atoms in total. The molecule has 0 unspecified atom stereocenters. The molecule has 3 heterocycles. The van der Waals surface area contributed by atoms with E-state index in [2.05, 4.69) is 42.3 Å². The summed E-state index contributed by atoms with van der Waals surface area (Å²) in [6.45, 7) is 3.88. The van der Waals surface area contributed by atoms with Crippen molar-refractivity contribution in [2.75, 3.05) is 38.1 Å². The minimum Gasteiger partial charge on any atom is -0.336 e. The monoisotopic (exact) mass is 220 g/mol. The first-order chi connectivity index (χ1) is 7.83. The Balaban J connectivity index is 1.87. The summed E-state index contributed by atoms with van der Waals surface area (Å²) in [5.74, 6) is 1.07. The van der Waals surface area contributed by atoms with E-state index in [1.807, 2.05) is 0 Å². The Bertz CT molecular complexity index is 485. The predicted octanol–water partition coefficient (Wildman–Crippen LogP) is -1.33. The van der Waals surface area contributed by atoms with Gasteiger partial charge in [-0.1, -0.05) is 0 Å². The van der Waals surface area contributed by atoms with Gasteiger partial charge in [0.05, 0.1) is 0 Å². The molecule has 1 aliphatic heterocycles. The summed E-state index contributed by atoms with van der Waals surface area (Å²) in [6, 6.07) is 0. The van der Waals surface area contributed by atoms with E-state index in [4.69, 9.17) is 0 Å². The fourth-order valence-corrected chi connectivity index (χ4v) is 1.70. The summed E-state index contributed by atoms with van der Waals surface area (Å²) in [6.07, 6.45) is 1.53. The number of piperazine rings is 1. The molecule has 0 atom stereocenters. The second-order valence-electron chi connectivity index (χ2n) is 3.87. The van der Waals surface area contributed by atoms with Crippen LogP contribution in [0.5, 0.6) is 0 Å². The van der Waals surface area contributed by atoms with Crippen molar-refractivity contribution in [3.63, 3.8) is 0 Å². The molecule has 2 aromatic heterocycles. The van der Waals surface area contributed by atoms with Gasteiger partial charge in [-0.3, -0.25) is 0 Å². The highest BCUT2D eigenvalue weighted by atomic mass is 15.5. The van der Waals surface area contributed by atoms with Gasteiger partial charge in [-0.25, -0.2) is 0 Å². The third-order valence-corrected chi connectivity index (χ3v) is 2.73. The number of likely N-dealkylation sites (N-methyl/N-ethyl adjacent to an activating group) is 1. The second-order valence-corrected chi connectivity index (χ2v) is 3.87. The summed E-state index contributed by atoms with van der Waals surface area (Å²) < 4.78 is 1.54. The first kappa shape index (κ1) is 9.40. The zero-order valence-corrected chi connectivity index (χ0v) is 8.98. The summed E-state index contributed by atoms with van der Waals surface area (Å²) in [4.78, 5) is 4.40.